The van der Waals surface area contributed by atoms with Gasteiger partial charge in [-0.1, -0.05) is 34.8 Å². The van der Waals surface area contributed by atoms with Crippen molar-refractivity contribution >= 4 is 21.8 Å². The third kappa shape index (κ3) is 3.56. The molecule has 0 spiro atoms. The zero-order chi connectivity index (χ0) is 12.4. The lowest BCUT2D eigenvalue weighted by molar-refractivity contribution is 0.0937. The summed E-state index contributed by atoms with van der Waals surface area (Å²) in [5.41, 5.74) is 1.78. The summed E-state index contributed by atoms with van der Waals surface area (Å²) in [5, 5.41) is 3.08. The van der Waals surface area contributed by atoms with Gasteiger partial charge in [0.2, 0.25) is 0 Å². The van der Waals surface area contributed by atoms with Crippen LogP contribution >= 0.6 is 15.9 Å². The van der Waals surface area contributed by atoms with Crippen LogP contribution in [-0.4, -0.2) is 11.9 Å². The van der Waals surface area contributed by atoms with E-state index >= 15 is 0 Å². The molecular formula is C14H18BrNO. The van der Waals surface area contributed by atoms with Gasteiger partial charge >= 0.3 is 0 Å². The summed E-state index contributed by atoms with van der Waals surface area (Å²) in [6, 6.07) is 6.08. The zero-order valence-corrected chi connectivity index (χ0v) is 11.9. The van der Waals surface area contributed by atoms with Crippen molar-refractivity contribution in [1.82, 2.24) is 5.32 Å². The number of nitrogens with one attached hydrogen (secondary N) is 1. The second-order valence-corrected chi connectivity index (χ2v) is 5.93. The smallest absolute Gasteiger partial charge is 0.251 e. The Labute approximate surface area is 111 Å². The van der Waals surface area contributed by atoms with E-state index in [4.69, 9.17) is 0 Å². The van der Waals surface area contributed by atoms with E-state index in [0.29, 0.717) is 0 Å². The topological polar surface area (TPSA) is 29.1 Å². The van der Waals surface area contributed by atoms with E-state index < -0.39 is 0 Å². The van der Waals surface area contributed by atoms with Gasteiger partial charge in [0.15, 0.2) is 0 Å². The third-order valence-electron chi connectivity index (χ3n) is 3.21. The fourth-order valence-corrected chi connectivity index (χ4v) is 2.41. The third-order valence-corrected chi connectivity index (χ3v) is 3.70. The normalized spacial score (nSPS) is 16.6. The molecular weight excluding hydrogens is 278 g/mol. The SMILES string of the molecule is Cc1ccc(Br)cc1C(=O)NC(C)CC1CC1. The van der Waals surface area contributed by atoms with E-state index in [9.17, 15) is 4.79 Å². The van der Waals surface area contributed by atoms with Crippen LogP contribution in [0.1, 0.15) is 42.1 Å². The molecule has 1 aromatic carbocycles. The molecule has 1 amide bonds. The number of carbonyl (C=O) groups is 1. The van der Waals surface area contributed by atoms with Crippen molar-refractivity contribution in [1.29, 1.82) is 0 Å². The highest BCUT2D eigenvalue weighted by Gasteiger charge is 2.24. The number of aryl methyl sites for hydroxylation is 1. The van der Waals surface area contributed by atoms with E-state index in [1.54, 1.807) is 0 Å². The van der Waals surface area contributed by atoms with Crippen molar-refractivity contribution in [2.75, 3.05) is 0 Å². The molecule has 2 rings (SSSR count). The molecule has 1 aromatic rings. The van der Waals surface area contributed by atoms with Gasteiger partial charge in [-0.05, 0) is 43.9 Å². The van der Waals surface area contributed by atoms with Crippen LogP contribution in [0.2, 0.25) is 0 Å². The van der Waals surface area contributed by atoms with Crippen molar-refractivity contribution in [3.63, 3.8) is 0 Å². The zero-order valence-electron chi connectivity index (χ0n) is 10.3. The lowest BCUT2D eigenvalue weighted by atomic mass is 10.1. The molecule has 0 aliphatic heterocycles. The van der Waals surface area contributed by atoms with Gasteiger partial charge in [-0.15, -0.1) is 0 Å². The monoisotopic (exact) mass is 295 g/mol. The van der Waals surface area contributed by atoms with Crippen molar-refractivity contribution < 1.29 is 4.79 Å². The Bertz CT molecular complexity index is 426. The molecule has 0 saturated heterocycles. The van der Waals surface area contributed by atoms with Crippen LogP contribution in [0.25, 0.3) is 0 Å². The summed E-state index contributed by atoms with van der Waals surface area (Å²) < 4.78 is 0.947. The number of amides is 1. The van der Waals surface area contributed by atoms with Crippen LogP contribution in [0, 0.1) is 12.8 Å². The highest BCUT2D eigenvalue weighted by Crippen LogP contribution is 2.33. The van der Waals surface area contributed by atoms with Gasteiger partial charge in [0, 0.05) is 16.1 Å². The summed E-state index contributed by atoms with van der Waals surface area (Å²) in [6.45, 7) is 4.05. The second-order valence-electron chi connectivity index (χ2n) is 5.01. The number of benzene rings is 1. The highest BCUT2D eigenvalue weighted by molar-refractivity contribution is 9.10. The lowest BCUT2D eigenvalue weighted by Gasteiger charge is -2.14. The summed E-state index contributed by atoms with van der Waals surface area (Å²) in [7, 11) is 0. The van der Waals surface area contributed by atoms with E-state index in [2.05, 4.69) is 28.2 Å². The molecule has 1 saturated carbocycles. The molecule has 2 nitrogen and oxygen atoms in total. The first-order chi connectivity index (χ1) is 8.06. The van der Waals surface area contributed by atoms with E-state index in [1.165, 1.54) is 12.8 Å². The quantitative estimate of drug-likeness (QED) is 0.902. The number of hydrogen-bond acceptors (Lipinski definition) is 1. The molecule has 0 aromatic heterocycles. The molecule has 1 unspecified atom stereocenters. The average Bonchev–Trinajstić information content (AvgIpc) is 3.05. The van der Waals surface area contributed by atoms with Crippen molar-refractivity contribution in [3.05, 3.63) is 33.8 Å². The van der Waals surface area contributed by atoms with E-state index in [-0.39, 0.29) is 11.9 Å². The van der Waals surface area contributed by atoms with Gasteiger partial charge < -0.3 is 5.32 Å². The standard InChI is InChI=1S/C14H18BrNO/c1-9-3-6-12(15)8-13(9)14(17)16-10(2)7-11-4-5-11/h3,6,8,10-11H,4-5,7H2,1-2H3,(H,16,17). The van der Waals surface area contributed by atoms with Crippen molar-refractivity contribution in [2.24, 2.45) is 5.92 Å². The minimum absolute atomic E-state index is 0.0388. The summed E-state index contributed by atoms with van der Waals surface area (Å²) in [6.07, 6.45) is 3.77. The number of carbonyl (C=O) groups excluding carboxylic acids is 1. The predicted molar refractivity (Wildman–Crippen MR) is 73.1 cm³/mol. The maximum absolute atomic E-state index is 12.1. The van der Waals surface area contributed by atoms with Crippen LogP contribution < -0.4 is 5.32 Å². The first-order valence-electron chi connectivity index (χ1n) is 6.13. The van der Waals surface area contributed by atoms with Gasteiger partial charge in [-0.25, -0.2) is 0 Å². The Balaban J connectivity index is 2.00. The maximum Gasteiger partial charge on any atom is 0.251 e. The molecule has 1 aliphatic carbocycles. The maximum atomic E-state index is 12.1. The first kappa shape index (κ1) is 12.6. The fraction of sp³-hybridized carbons (Fsp3) is 0.500. The van der Waals surface area contributed by atoms with Gasteiger partial charge in [-0.2, -0.15) is 0 Å². The fourth-order valence-electron chi connectivity index (χ4n) is 2.05. The molecule has 0 heterocycles. The van der Waals surface area contributed by atoms with Crippen LogP contribution in [0.4, 0.5) is 0 Å². The Morgan fingerprint density at radius 2 is 2.24 bits per heavy atom. The lowest BCUT2D eigenvalue weighted by Crippen LogP contribution is -2.33. The van der Waals surface area contributed by atoms with E-state index in [0.717, 1.165) is 27.9 Å². The molecule has 0 radical (unpaired) electrons. The Kier molecular flexibility index (Phi) is 3.87. The van der Waals surface area contributed by atoms with Gasteiger partial charge in [-0.3, -0.25) is 4.79 Å². The van der Waals surface area contributed by atoms with Crippen molar-refractivity contribution in [3.8, 4) is 0 Å². The molecule has 17 heavy (non-hydrogen) atoms. The predicted octanol–water partition coefficient (Wildman–Crippen LogP) is 3.68. The Hall–Kier alpha value is -0.830. The highest BCUT2D eigenvalue weighted by atomic mass is 79.9. The molecule has 1 fully saturated rings. The Morgan fingerprint density at radius 3 is 2.88 bits per heavy atom. The Morgan fingerprint density at radius 1 is 1.53 bits per heavy atom. The van der Waals surface area contributed by atoms with Gasteiger partial charge in [0.05, 0.1) is 0 Å². The van der Waals surface area contributed by atoms with E-state index in [1.807, 2.05) is 25.1 Å². The van der Waals surface area contributed by atoms with Gasteiger partial charge in [0.1, 0.15) is 0 Å². The minimum Gasteiger partial charge on any atom is -0.350 e. The summed E-state index contributed by atoms with van der Waals surface area (Å²) in [5.74, 6) is 0.880. The largest absolute Gasteiger partial charge is 0.350 e. The van der Waals surface area contributed by atoms with Crippen LogP contribution in [0.3, 0.4) is 0 Å². The second kappa shape index (κ2) is 5.21. The summed E-state index contributed by atoms with van der Waals surface area (Å²) in [4.78, 5) is 12.1. The number of hydrogen-bond donors (Lipinski definition) is 1. The molecule has 92 valence electrons. The molecule has 1 N–H and O–H groups in total. The van der Waals surface area contributed by atoms with Crippen LogP contribution in [-0.2, 0) is 0 Å². The first-order valence-corrected chi connectivity index (χ1v) is 6.92. The molecule has 0 bridgehead atoms. The number of rotatable bonds is 4. The average molecular weight is 296 g/mol. The summed E-state index contributed by atoms with van der Waals surface area (Å²) >= 11 is 3.40. The van der Waals surface area contributed by atoms with Crippen molar-refractivity contribution in [2.45, 2.75) is 39.2 Å². The number of halogens is 1. The molecule has 1 atom stereocenters. The minimum atomic E-state index is 0.0388. The van der Waals surface area contributed by atoms with Gasteiger partial charge in [0.25, 0.3) is 5.91 Å². The molecule has 1 aliphatic rings. The van der Waals surface area contributed by atoms with Crippen LogP contribution in [0.15, 0.2) is 22.7 Å². The molecule has 3 heteroatoms. The van der Waals surface area contributed by atoms with Crippen LogP contribution in [0.5, 0.6) is 0 Å².